The van der Waals surface area contributed by atoms with Crippen LogP contribution in [-0.4, -0.2) is 101 Å². The van der Waals surface area contributed by atoms with Crippen LogP contribution < -0.4 is 0 Å². The third-order valence-corrected chi connectivity index (χ3v) is 0. The molecule has 0 nitrogen and oxygen atoms in total. The molecule has 0 N–H and O–H groups in total. The molecule has 0 aliphatic rings. The van der Waals surface area contributed by atoms with Crippen LogP contribution in [0.5, 0.6) is 0 Å². The van der Waals surface area contributed by atoms with Gasteiger partial charge >= 0.3 is 50.3 Å². The van der Waals surface area contributed by atoms with Crippen molar-refractivity contribution in [1.29, 1.82) is 0 Å². The van der Waals surface area contributed by atoms with Crippen molar-refractivity contribution >= 4 is 101 Å². The fourth-order valence-corrected chi connectivity index (χ4v) is 0. The van der Waals surface area contributed by atoms with Crippen LogP contribution >= 0.6 is 0 Å². The van der Waals surface area contributed by atoms with E-state index in [1.807, 2.05) is 0 Å². The van der Waals surface area contributed by atoms with Gasteiger partial charge in [0.05, 0.1) is 0 Å². The molecular formula is InSbSe3. The maximum absolute atomic E-state index is 0. The SMILES string of the molecule is [In+3].[Sb+3].[Se-2].[Se-2].[Se-2]. The molecule has 2 radical (unpaired) electrons. The second kappa shape index (κ2) is 26.8. The third kappa shape index (κ3) is 18.9. The molecule has 0 spiro atoms. The standard InChI is InChI=1S/In.Sb.3Se/q2*+3;3*-2. The van der Waals surface area contributed by atoms with Gasteiger partial charge in [0.25, 0.3) is 0 Å². The van der Waals surface area contributed by atoms with E-state index < -0.39 is 0 Å². The van der Waals surface area contributed by atoms with Crippen molar-refractivity contribution in [3.63, 3.8) is 0 Å². The van der Waals surface area contributed by atoms with Crippen molar-refractivity contribution < 1.29 is 0 Å². The Morgan fingerprint density at radius 1 is 0.600 bits per heavy atom. The summed E-state index contributed by atoms with van der Waals surface area (Å²) < 4.78 is 0. The van der Waals surface area contributed by atoms with Gasteiger partial charge in [0.1, 0.15) is 0 Å². The minimum absolute atomic E-state index is 0. The average molecular weight is 473 g/mol. The molecular weight excluding hydrogens is 473 g/mol. The zero-order valence-corrected chi connectivity index (χ0v) is 13.2. The van der Waals surface area contributed by atoms with Crippen molar-refractivity contribution in [2.75, 3.05) is 0 Å². The fourth-order valence-electron chi connectivity index (χ4n) is 0. The molecule has 5 heteroatoms. The molecule has 0 saturated carbocycles. The van der Waals surface area contributed by atoms with Crippen LogP contribution in [0, 0.1) is 0 Å². The second-order valence-electron chi connectivity index (χ2n) is 0. The fraction of sp³-hybridized carbons (Fsp3) is 0. The maximum atomic E-state index is 0. The molecule has 0 bridgehead atoms. The summed E-state index contributed by atoms with van der Waals surface area (Å²) in [4.78, 5) is 0. The summed E-state index contributed by atoms with van der Waals surface area (Å²) in [5.41, 5.74) is 0. The Bertz CT molecular complexity index is 6.85. The maximum Gasteiger partial charge on any atom is 3.00 e. The van der Waals surface area contributed by atoms with Crippen LogP contribution in [0.4, 0.5) is 0 Å². The van der Waals surface area contributed by atoms with Crippen molar-refractivity contribution in [3.05, 3.63) is 0 Å². The Hall–Kier alpha value is 3.25. The Morgan fingerprint density at radius 3 is 0.600 bits per heavy atom. The minimum Gasteiger partial charge on any atom is -2.00 e. The second-order valence-corrected chi connectivity index (χ2v) is 0. The van der Waals surface area contributed by atoms with E-state index in [9.17, 15) is 0 Å². The Morgan fingerprint density at radius 2 is 0.600 bits per heavy atom. The van der Waals surface area contributed by atoms with Crippen LogP contribution in [0.15, 0.2) is 0 Å². The predicted octanol–water partition coefficient (Wildman–Crippen LogP) is -1.90. The van der Waals surface area contributed by atoms with E-state index in [-0.39, 0.29) is 101 Å². The molecule has 0 aromatic carbocycles. The molecule has 0 aliphatic heterocycles. The van der Waals surface area contributed by atoms with Gasteiger partial charge in [-0.2, -0.15) is 0 Å². The number of hydrogen-bond acceptors (Lipinski definition) is 0. The van der Waals surface area contributed by atoms with Gasteiger partial charge in [-0.1, -0.05) is 0 Å². The zero-order chi connectivity index (χ0) is 0. The molecule has 26 valence electrons. The van der Waals surface area contributed by atoms with Crippen LogP contribution in [0.2, 0.25) is 0 Å². The monoisotopic (exact) mass is 476 g/mol. The van der Waals surface area contributed by atoms with E-state index in [0.717, 1.165) is 0 Å². The molecule has 0 aromatic rings. The summed E-state index contributed by atoms with van der Waals surface area (Å²) in [6, 6.07) is 0. The zero-order valence-electron chi connectivity index (χ0n) is 2.25. The van der Waals surface area contributed by atoms with Crippen molar-refractivity contribution in [1.82, 2.24) is 0 Å². The quantitative estimate of drug-likeness (QED) is 0.361. The van der Waals surface area contributed by atoms with Crippen LogP contribution in [0.3, 0.4) is 0 Å². The average Bonchev–Trinajstić information content (AvgIpc) is 0. The Balaban J connectivity index is 0. The summed E-state index contributed by atoms with van der Waals surface area (Å²) in [6.45, 7) is 0. The predicted molar refractivity (Wildman–Crippen MR) is 28.8 cm³/mol. The summed E-state index contributed by atoms with van der Waals surface area (Å²) in [7, 11) is 0. The van der Waals surface area contributed by atoms with E-state index >= 15 is 0 Å². The summed E-state index contributed by atoms with van der Waals surface area (Å²) in [5.74, 6) is 0. The molecule has 0 heterocycles. The van der Waals surface area contributed by atoms with Gasteiger partial charge in [-0.05, 0) is 0 Å². The van der Waals surface area contributed by atoms with Gasteiger partial charge < -0.3 is 51.2 Å². The molecule has 0 amide bonds. The minimum atomic E-state index is 0. The van der Waals surface area contributed by atoms with E-state index in [1.54, 1.807) is 0 Å². The molecule has 0 fully saturated rings. The first-order chi connectivity index (χ1) is 0. The molecule has 0 aromatic heterocycles. The first kappa shape index (κ1) is 41.1. The van der Waals surface area contributed by atoms with Crippen molar-refractivity contribution in [2.45, 2.75) is 0 Å². The first-order valence-electron chi connectivity index (χ1n) is 0. The molecule has 0 rings (SSSR count). The van der Waals surface area contributed by atoms with Gasteiger partial charge in [-0.25, -0.2) is 0 Å². The Labute approximate surface area is 99.6 Å². The van der Waals surface area contributed by atoms with Crippen LogP contribution in [-0.2, 0) is 0 Å². The number of rotatable bonds is 0. The van der Waals surface area contributed by atoms with Gasteiger partial charge in [0.2, 0.25) is 0 Å². The van der Waals surface area contributed by atoms with Crippen molar-refractivity contribution in [2.24, 2.45) is 0 Å². The summed E-state index contributed by atoms with van der Waals surface area (Å²) in [6.07, 6.45) is 0. The number of hydrogen-bond donors (Lipinski definition) is 0. The van der Waals surface area contributed by atoms with E-state index in [1.165, 1.54) is 0 Å². The van der Waals surface area contributed by atoms with E-state index in [0.29, 0.717) is 0 Å². The van der Waals surface area contributed by atoms with Crippen molar-refractivity contribution in [3.8, 4) is 0 Å². The first-order valence-corrected chi connectivity index (χ1v) is 0. The molecule has 0 unspecified atom stereocenters. The summed E-state index contributed by atoms with van der Waals surface area (Å²) >= 11 is 0. The van der Waals surface area contributed by atoms with E-state index in [2.05, 4.69) is 0 Å². The van der Waals surface area contributed by atoms with Crippen LogP contribution in [0.1, 0.15) is 0 Å². The third-order valence-electron chi connectivity index (χ3n) is 0. The molecule has 0 saturated heterocycles. The van der Waals surface area contributed by atoms with Gasteiger partial charge in [-0.15, -0.1) is 0 Å². The molecule has 0 atom stereocenters. The van der Waals surface area contributed by atoms with E-state index in [4.69, 9.17) is 0 Å². The van der Waals surface area contributed by atoms with Crippen LogP contribution in [0.25, 0.3) is 0 Å². The van der Waals surface area contributed by atoms with Gasteiger partial charge in [0, 0.05) is 0 Å². The smallest absolute Gasteiger partial charge is 2.00 e. The largest absolute Gasteiger partial charge is 3.00 e. The summed E-state index contributed by atoms with van der Waals surface area (Å²) in [5, 5.41) is 0. The normalized spacial score (nSPS) is 0. The molecule has 0 aliphatic carbocycles. The topological polar surface area (TPSA) is 0 Å². The van der Waals surface area contributed by atoms with Gasteiger partial charge in [-0.3, -0.25) is 0 Å². The molecule has 5 heavy (non-hydrogen) atoms. The Kier molecular flexibility index (Phi) is 220. The van der Waals surface area contributed by atoms with Gasteiger partial charge in [0.15, 0.2) is 0 Å².